The molecular formula is C29H38N4O4. The summed E-state index contributed by atoms with van der Waals surface area (Å²) in [4.78, 5) is 25.1. The second-order valence-corrected chi connectivity index (χ2v) is 10.5. The quantitative estimate of drug-likeness (QED) is 0.511. The predicted octanol–water partition coefficient (Wildman–Crippen LogP) is 4.74. The average Bonchev–Trinajstić information content (AvgIpc) is 3.64. The summed E-state index contributed by atoms with van der Waals surface area (Å²) < 4.78 is 11.4. The van der Waals surface area contributed by atoms with Crippen molar-refractivity contribution in [2.24, 2.45) is 22.7 Å². The van der Waals surface area contributed by atoms with Gasteiger partial charge in [-0.15, -0.1) is 0 Å². The largest absolute Gasteiger partial charge is 0.493 e. The zero-order chi connectivity index (χ0) is 25.6. The minimum absolute atomic E-state index is 0.0216. The lowest BCUT2D eigenvalue weighted by atomic mass is 9.86. The number of hydrogen-bond acceptors (Lipinski definition) is 7. The van der Waals surface area contributed by atoms with E-state index in [1.807, 2.05) is 12.1 Å². The van der Waals surface area contributed by atoms with Gasteiger partial charge in [-0.3, -0.25) is 9.69 Å². The van der Waals surface area contributed by atoms with E-state index in [4.69, 9.17) is 14.0 Å². The second kappa shape index (κ2) is 12.0. The molecule has 1 saturated heterocycles. The predicted molar refractivity (Wildman–Crippen MR) is 142 cm³/mol. The first-order chi connectivity index (χ1) is 18.0. The summed E-state index contributed by atoms with van der Waals surface area (Å²) in [6.45, 7) is 7.33. The Balaban J connectivity index is 1.03. The lowest BCUT2D eigenvalue weighted by Gasteiger charge is -2.33. The molecule has 8 nitrogen and oxygen atoms in total. The Bertz CT molecular complexity index is 1090. The van der Waals surface area contributed by atoms with E-state index in [2.05, 4.69) is 64.9 Å². The molecule has 5 rings (SSSR count). The molecule has 1 aromatic heterocycles. The van der Waals surface area contributed by atoms with E-state index >= 15 is 0 Å². The first kappa shape index (κ1) is 25.5. The fraction of sp³-hybridized carbons (Fsp3) is 0.517. The smallest absolute Gasteiger partial charge is 0.233 e. The zero-order valence-corrected chi connectivity index (χ0v) is 21.8. The highest BCUT2D eigenvalue weighted by molar-refractivity contribution is 5.84. The number of hydroxylamine groups is 1. The lowest BCUT2D eigenvalue weighted by Crippen LogP contribution is -2.42. The van der Waals surface area contributed by atoms with Crippen molar-refractivity contribution in [2.45, 2.75) is 58.8 Å². The molecule has 198 valence electrons. The van der Waals surface area contributed by atoms with Crippen molar-refractivity contribution in [2.75, 3.05) is 19.7 Å². The highest BCUT2D eigenvalue weighted by Crippen LogP contribution is 2.31. The van der Waals surface area contributed by atoms with Gasteiger partial charge < -0.3 is 14.5 Å². The number of amidine groups is 1. The van der Waals surface area contributed by atoms with E-state index in [0.29, 0.717) is 18.4 Å². The standard InChI is InChI=1S/C29H38N4O4/c1-20(2)27-31-29(37-32-27)33-15-13-21(14-16-33)19-36-25-11-9-23(10-12-25)22-5-7-24(8-6-22)28(34)30-18-26-4-3-17-35-26/h3-5,9-12,17,20-21,24,29H,6-8,13-16,18-19H2,1-2H3,(H,30,34)(H,31,32). The molecule has 2 atom stereocenters. The molecule has 2 aromatic rings. The minimum atomic E-state index is -0.202. The highest BCUT2D eigenvalue weighted by atomic mass is 16.7. The number of nitrogens with one attached hydrogen (secondary N) is 2. The minimum Gasteiger partial charge on any atom is -0.493 e. The van der Waals surface area contributed by atoms with Crippen LogP contribution >= 0.6 is 0 Å². The van der Waals surface area contributed by atoms with E-state index in [1.54, 1.807) is 6.26 Å². The van der Waals surface area contributed by atoms with Crippen molar-refractivity contribution in [3.63, 3.8) is 0 Å². The lowest BCUT2D eigenvalue weighted by molar-refractivity contribution is -0.125. The van der Waals surface area contributed by atoms with Gasteiger partial charge in [-0.25, -0.2) is 15.3 Å². The molecule has 8 heteroatoms. The maximum Gasteiger partial charge on any atom is 0.233 e. The van der Waals surface area contributed by atoms with Crippen LogP contribution in [0.15, 0.2) is 58.1 Å². The number of nitrogens with zero attached hydrogens (tertiary/aromatic N) is 2. The number of hydrogen-bond donors (Lipinski definition) is 2. The van der Waals surface area contributed by atoms with Crippen LogP contribution in [0.4, 0.5) is 0 Å². The second-order valence-electron chi connectivity index (χ2n) is 10.5. The fourth-order valence-electron chi connectivity index (χ4n) is 5.09. The Hall–Kier alpha value is -3.10. The average molecular weight is 507 g/mol. The molecule has 0 saturated carbocycles. The third kappa shape index (κ3) is 6.62. The summed E-state index contributed by atoms with van der Waals surface area (Å²) in [6, 6.07) is 12.1. The van der Waals surface area contributed by atoms with E-state index in [1.165, 1.54) is 11.1 Å². The molecule has 2 aliphatic heterocycles. The van der Waals surface area contributed by atoms with Crippen LogP contribution in [0.3, 0.4) is 0 Å². The Morgan fingerprint density at radius 3 is 2.65 bits per heavy atom. The number of aliphatic imine (C=N–C) groups is 1. The van der Waals surface area contributed by atoms with Gasteiger partial charge in [0.15, 0.2) is 0 Å². The Morgan fingerprint density at radius 2 is 2.00 bits per heavy atom. The van der Waals surface area contributed by atoms with Crippen molar-refractivity contribution in [1.82, 2.24) is 15.7 Å². The highest BCUT2D eigenvalue weighted by Gasteiger charge is 2.30. The number of piperidine rings is 1. The molecule has 1 aromatic carbocycles. The number of carbonyl (C=O) groups excluding carboxylic acids is 1. The molecule has 1 aliphatic carbocycles. The Kier molecular flexibility index (Phi) is 8.26. The summed E-state index contributed by atoms with van der Waals surface area (Å²) in [5.41, 5.74) is 5.48. The van der Waals surface area contributed by atoms with Crippen molar-refractivity contribution < 1.29 is 18.8 Å². The normalized spacial score (nSPS) is 22.9. The van der Waals surface area contributed by atoms with Crippen LogP contribution < -0.4 is 15.5 Å². The number of ether oxygens (including phenoxy) is 1. The molecule has 0 radical (unpaired) electrons. The maximum atomic E-state index is 12.5. The number of benzene rings is 1. The summed E-state index contributed by atoms with van der Waals surface area (Å²) in [6.07, 6.45) is 8.32. The molecule has 37 heavy (non-hydrogen) atoms. The first-order valence-electron chi connectivity index (χ1n) is 13.5. The van der Waals surface area contributed by atoms with Gasteiger partial charge in [0, 0.05) is 24.9 Å². The molecule has 1 amide bonds. The van der Waals surface area contributed by atoms with Gasteiger partial charge in [0.2, 0.25) is 12.3 Å². The summed E-state index contributed by atoms with van der Waals surface area (Å²) in [5, 5.41) is 2.98. The number of carbonyl (C=O) groups is 1. The molecule has 2 unspecified atom stereocenters. The molecule has 1 fully saturated rings. The van der Waals surface area contributed by atoms with E-state index in [0.717, 1.165) is 69.1 Å². The molecule has 3 aliphatic rings. The van der Waals surface area contributed by atoms with Crippen LogP contribution in [0.2, 0.25) is 0 Å². The van der Waals surface area contributed by atoms with E-state index in [-0.39, 0.29) is 18.2 Å². The van der Waals surface area contributed by atoms with Gasteiger partial charge in [-0.05, 0) is 73.4 Å². The van der Waals surface area contributed by atoms with Gasteiger partial charge >= 0.3 is 0 Å². The summed E-state index contributed by atoms with van der Waals surface area (Å²) in [5.74, 6) is 3.62. The Morgan fingerprint density at radius 1 is 1.19 bits per heavy atom. The van der Waals surface area contributed by atoms with Crippen LogP contribution in [0, 0.1) is 17.8 Å². The number of allylic oxidation sites excluding steroid dienone is 2. The van der Waals surface area contributed by atoms with Gasteiger partial charge in [-0.2, -0.15) is 0 Å². The van der Waals surface area contributed by atoms with Crippen LogP contribution in [-0.2, 0) is 16.2 Å². The number of rotatable bonds is 9. The van der Waals surface area contributed by atoms with Gasteiger partial charge in [0.25, 0.3) is 0 Å². The van der Waals surface area contributed by atoms with Gasteiger partial charge in [0.05, 0.1) is 19.4 Å². The first-order valence-corrected chi connectivity index (χ1v) is 13.5. The molecule has 0 bridgehead atoms. The molecule has 2 N–H and O–H groups in total. The molecule has 3 heterocycles. The van der Waals surface area contributed by atoms with Crippen molar-refractivity contribution in [3.8, 4) is 5.75 Å². The van der Waals surface area contributed by atoms with E-state index in [9.17, 15) is 4.79 Å². The van der Waals surface area contributed by atoms with Crippen LogP contribution in [-0.4, -0.2) is 42.7 Å². The summed E-state index contributed by atoms with van der Waals surface area (Å²) in [7, 11) is 0. The van der Waals surface area contributed by atoms with Gasteiger partial charge in [-0.1, -0.05) is 32.1 Å². The Labute approximate surface area is 219 Å². The van der Waals surface area contributed by atoms with Crippen molar-refractivity contribution in [3.05, 3.63) is 60.1 Å². The van der Waals surface area contributed by atoms with Gasteiger partial charge in [0.1, 0.15) is 17.3 Å². The van der Waals surface area contributed by atoms with Crippen molar-refractivity contribution >= 4 is 17.3 Å². The monoisotopic (exact) mass is 506 g/mol. The van der Waals surface area contributed by atoms with Crippen LogP contribution in [0.25, 0.3) is 5.57 Å². The van der Waals surface area contributed by atoms with Crippen molar-refractivity contribution in [1.29, 1.82) is 0 Å². The van der Waals surface area contributed by atoms with Crippen LogP contribution in [0.5, 0.6) is 5.75 Å². The van der Waals surface area contributed by atoms with Crippen LogP contribution in [0.1, 0.15) is 57.3 Å². The third-order valence-electron chi connectivity index (χ3n) is 7.54. The number of furan rings is 1. The van der Waals surface area contributed by atoms with E-state index < -0.39 is 0 Å². The molecule has 0 spiro atoms. The topological polar surface area (TPSA) is 88.3 Å². The number of likely N-dealkylation sites (tertiary alicyclic amines) is 1. The number of amides is 1. The molecular weight excluding hydrogens is 468 g/mol. The third-order valence-corrected chi connectivity index (χ3v) is 7.54. The zero-order valence-electron chi connectivity index (χ0n) is 21.8. The SMILES string of the molecule is CC(C)C1=NC(N2CCC(COc3ccc(C4=CCC(C(=O)NCc5ccco5)CC4)cc3)CC2)ON1. The maximum absolute atomic E-state index is 12.5. The summed E-state index contributed by atoms with van der Waals surface area (Å²) >= 11 is 0. The fourth-order valence-corrected chi connectivity index (χ4v) is 5.09.